The van der Waals surface area contributed by atoms with Gasteiger partial charge in [0, 0.05) is 6.54 Å². The van der Waals surface area contributed by atoms with Crippen LogP contribution in [0.5, 0.6) is 0 Å². The third-order valence-corrected chi connectivity index (χ3v) is 3.59. The van der Waals surface area contributed by atoms with E-state index < -0.39 is 0 Å². The molecule has 0 spiro atoms. The van der Waals surface area contributed by atoms with Gasteiger partial charge in [-0.2, -0.15) is 0 Å². The minimum atomic E-state index is 0.525. The minimum absolute atomic E-state index is 0.525. The Morgan fingerprint density at radius 1 is 0.941 bits per heavy atom. The molecule has 0 radical (unpaired) electrons. The zero-order valence-electron chi connectivity index (χ0n) is 12.9. The van der Waals surface area contributed by atoms with Crippen LogP contribution in [0.15, 0.2) is 0 Å². The molecule has 0 rings (SSSR count). The summed E-state index contributed by atoms with van der Waals surface area (Å²) in [7, 11) is 0. The van der Waals surface area contributed by atoms with Gasteiger partial charge in [0.25, 0.3) is 0 Å². The predicted molar refractivity (Wildman–Crippen MR) is 79.5 cm³/mol. The molecule has 104 valence electrons. The lowest BCUT2D eigenvalue weighted by molar-refractivity contribution is 0.243. The van der Waals surface area contributed by atoms with Crippen LogP contribution < -0.4 is 5.32 Å². The van der Waals surface area contributed by atoms with Crippen LogP contribution >= 0.6 is 0 Å². The van der Waals surface area contributed by atoms with Crippen molar-refractivity contribution in [2.24, 2.45) is 11.3 Å². The Morgan fingerprint density at radius 3 is 2.18 bits per heavy atom. The summed E-state index contributed by atoms with van der Waals surface area (Å²) in [6.45, 7) is 14.0. The van der Waals surface area contributed by atoms with Crippen molar-refractivity contribution < 1.29 is 0 Å². The lowest BCUT2D eigenvalue weighted by atomic mass is 9.80. The van der Waals surface area contributed by atoms with E-state index in [1.165, 1.54) is 51.5 Å². The summed E-state index contributed by atoms with van der Waals surface area (Å²) in [5, 5.41) is 3.65. The standard InChI is InChI=1S/C16H35N/c1-6-8-9-10-12-16(5,11-7-2)14-17-13-15(3)4/h15,17H,6-14H2,1-5H3. The Balaban J connectivity index is 3.88. The number of hydrogen-bond donors (Lipinski definition) is 1. The molecule has 0 aliphatic heterocycles. The smallest absolute Gasteiger partial charge is 0.000527 e. The molecule has 1 unspecified atom stereocenters. The molecule has 0 aliphatic carbocycles. The fraction of sp³-hybridized carbons (Fsp3) is 1.00. The first-order valence-corrected chi connectivity index (χ1v) is 7.74. The normalized spacial score (nSPS) is 15.2. The van der Waals surface area contributed by atoms with E-state index in [-0.39, 0.29) is 0 Å². The second-order valence-electron chi connectivity index (χ2n) is 6.40. The molecular weight excluding hydrogens is 206 g/mol. The van der Waals surface area contributed by atoms with Gasteiger partial charge in [0.1, 0.15) is 0 Å². The first-order chi connectivity index (χ1) is 8.04. The van der Waals surface area contributed by atoms with Crippen molar-refractivity contribution in [2.45, 2.75) is 79.6 Å². The van der Waals surface area contributed by atoms with Gasteiger partial charge in [0.2, 0.25) is 0 Å². The zero-order valence-corrected chi connectivity index (χ0v) is 12.9. The summed E-state index contributed by atoms with van der Waals surface area (Å²) < 4.78 is 0. The van der Waals surface area contributed by atoms with Crippen LogP contribution in [0.1, 0.15) is 79.6 Å². The topological polar surface area (TPSA) is 12.0 Å². The molecule has 0 heterocycles. The van der Waals surface area contributed by atoms with E-state index in [1.807, 2.05) is 0 Å². The van der Waals surface area contributed by atoms with Crippen LogP contribution in [0.3, 0.4) is 0 Å². The number of rotatable bonds is 11. The Labute approximate surface area is 110 Å². The first-order valence-electron chi connectivity index (χ1n) is 7.74. The molecule has 0 aliphatic rings. The molecule has 17 heavy (non-hydrogen) atoms. The summed E-state index contributed by atoms with van der Waals surface area (Å²) in [6, 6.07) is 0. The molecule has 1 heteroatoms. The number of nitrogens with one attached hydrogen (secondary N) is 1. The van der Waals surface area contributed by atoms with Crippen molar-refractivity contribution in [3.63, 3.8) is 0 Å². The third-order valence-electron chi connectivity index (χ3n) is 3.59. The van der Waals surface area contributed by atoms with E-state index in [0.29, 0.717) is 5.41 Å². The second-order valence-corrected chi connectivity index (χ2v) is 6.40. The van der Waals surface area contributed by atoms with Crippen molar-refractivity contribution in [1.82, 2.24) is 5.32 Å². The van der Waals surface area contributed by atoms with Crippen LogP contribution in [0.2, 0.25) is 0 Å². The molecule has 0 saturated carbocycles. The quantitative estimate of drug-likeness (QED) is 0.501. The summed E-state index contributed by atoms with van der Waals surface area (Å²) >= 11 is 0. The zero-order chi connectivity index (χ0) is 13.1. The van der Waals surface area contributed by atoms with E-state index >= 15 is 0 Å². The SMILES string of the molecule is CCCCCCC(C)(CCC)CNCC(C)C. The monoisotopic (exact) mass is 241 g/mol. The fourth-order valence-electron chi connectivity index (χ4n) is 2.55. The van der Waals surface area contributed by atoms with Gasteiger partial charge in [-0.05, 0) is 30.7 Å². The Kier molecular flexibility index (Phi) is 9.91. The Morgan fingerprint density at radius 2 is 1.65 bits per heavy atom. The highest BCUT2D eigenvalue weighted by atomic mass is 14.9. The van der Waals surface area contributed by atoms with Crippen molar-refractivity contribution in [2.75, 3.05) is 13.1 Å². The highest BCUT2D eigenvalue weighted by Crippen LogP contribution is 2.29. The van der Waals surface area contributed by atoms with Crippen molar-refractivity contribution >= 4 is 0 Å². The maximum absolute atomic E-state index is 3.65. The van der Waals surface area contributed by atoms with Gasteiger partial charge in [-0.3, -0.25) is 0 Å². The van der Waals surface area contributed by atoms with Gasteiger partial charge in [-0.25, -0.2) is 0 Å². The Hall–Kier alpha value is -0.0400. The molecule has 0 aromatic heterocycles. The fourth-order valence-corrected chi connectivity index (χ4v) is 2.55. The summed E-state index contributed by atoms with van der Waals surface area (Å²) in [5.74, 6) is 0.765. The maximum atomic E-state index is 3.65. The summed E-state index contributed by atoms with van der Waals surface area (Å²) in [6.07, 6.45) is 9.65. The molecule has 0 aromatic carbocycles. The minimum Gasteiger partial charge on any atom is -0.316 e. The van der Waals surface area contributed by atoms with Gasteiger partial charge >= 0.3 is 0 Å². The molecule has 0 amide bonds. The average Bonchev–Trinajstić information content (AvgIpc) is 2.24. The molecule has 1 N–H and O–H groups in total. The van der Waals surface area contributed by atoms with Gasteiger partial charge in [-0.15, -0.1) is 0 Å². The van der Waals surface area contributed by atoms with Crippen LogP contribution in [-0.4, -0.2) is 13.1 Å². The summed E-state index contributed by atoms with van der Waals surface area (Å²) in [5.41, 5.74) is 0.525. The van der Waals surface area contributed by atoms with E-state index in [9.17, 15) is 0 Å². The molecule has 0 fully saturated rings. The third kappa shape index (κ3) is 9.64. The largest absolute Gasteiger partial charge is 0.316 e. The van der Waals surface area contributed by atoms with Crippen molar-refractivity contribution in [3.05, 3.63) is 0 Å². The molecule has 1 atom stereocenters. The van der Waals surface area contributed by atoms with Gasteiger partial charge in [-0.1, -0.05) is 66.7 Å². The van der Waals surface area contributed by atoms with Crippen molar-refractivity contribution in [1.29, 1.82) is 0 Å². The van der Waals surface area contributed by atoms with Crippen LogP contribution in [-0.2, 0) is 0 Å². The molecule has 0 aromatic rings. The molecule has 0 bridgehead atoms. The van der Waals surface area contributed by atoms with E-state index in [0.717, 1.165) is 12.5 Å². The van der Waals surface area contributed by atoms with Crippen LogP contribution in [0, 0.1) is 11.3 Å². The van der Waals surface area contributed by atoms with Crippen molar-refractivity contribution in [3.8, 4) is 0 Å². The highest BCUT2D eigenvalue weighted by Gasteiger charge is 2.22. The van der Waals surface area contributed by atoms with E-state index in [1.54, 1.807) is 0 Å². The second kappa shape index (κ2) is 9.94. The van der Waals surface area contributed by atoms with Gasteiger partial charge in [0.15, 0.2) is 0 Å². The Bertz CT molecular complexity index is 165. The maximum Gasteiger partial charge on any atom is 0.000527 e. The van der Waals surface area contributed by atoms with Gasteiger partial charge < -0.3 is 5.32 Å². The molecule has 1 nitrogen and oxygen atoms in total. The number of hydrogen-bond acceptors (Lipinski definition) is 1. The molecular formula is C16H35N. The van der Waals surface area contributed by atoms with E-state index in [2.05, 4.69) is 39.9 Å². The number of unbranched alkanes of at least 4 members (excludes halogenated alkanes) is 3. The van der Waals surface area contributed by atoms with Crippen LogP contribution in [0.4, 0.5) is 0 Å². The highest BCUT2D eigenvalue weighted by molar-refractivity contribution is 4.76. The van der Waals surface area contributed by atoms with Gasteiger partial charge in [0.05, 0.1) is 0 Å². The summed E-state index contributed by atoms with van der Waals surface area (Å²) in [4.78, 5) is 0. The first kappa shape index (κ1) is 17.0. The average molecular weight is 241 g/mol. The predicted octanol–water partition coefficient (Wildman–Crippen LogP) is 5.01. The molecule has 0 saturated heterocycles. The van der Waals surface area contributed by atoms with E-state index in [4.69, 9.17) is 0 Å². The van der Waals surface area contributed by atoms with Crippen LogP contribution in [0.25, 0.3) is 0 Å². The lowest BCUT2D eigenvalue weighted by Gasteiger charge is -2.30. The lowest BCUT2D eigenvalue weighted by Crippen LogP contribution is -2.33.